The highest BCUT2D eigenvalue weighted by Crippen LogP contribution is 2.33. The van der Waals surface area contributed by atoms with E-state index in [1.54, 1.807) is 0 Å². The Hall–Kier alpha value is -1.92. The number of H-pyrrole nitrogens is 1. The number of nitrogens with zero attached hydrogens (tertiary/aromatic N) is 1. The highest BCUT2D eigenvalue weighted by molar-refractivity contribution is 4.96. The van der Waals surface area contributed by atoms with Gasteiger partial charge in [-0.1, -0.05) is 5.92 Å². The van der Waals surface area contributed by atoms with Gasteiger partial charge in [-0.15, -0.1) is 6.42 Å². The van der Waals surface area contributed by atoms with Gasteiger partial charge in [0.25, 0.3) is 5.56 Å². The number of ether oxygens (including phenoxy) is 4. The van der Waals surface area contributed by atoms with Crippen LogP contribution in [0.4, 0.5) is 0 Å². The van der Waals surface area contributed by atoms with E-state index in [0.29, 0.717) is 13.2 Å². The molecule has 1 N–H and O–H groups in total. The predicted molar refractivity (Wildman–Crippen MR) is 90.3 cm³/mol. The molecule has 0 spiro atoms. The number of hydrogen-bond donors (Lipinski definition) is 1. The second-order valence-electron chi connectivity index (χ2n) is 5.87. The molecule has 0 amide bonds. The summed E-state index contributed by atoms with van der Waals surface area (Å²) < 4.78 is 24.4. The molecule has 1 aliphatic heterocycles. The zero-order valence-electron chi connectivity index (χ0n) is 14.6. The fraction of sp³-hybridized carbons (Fsp3) is 0.647. The maximum atomic E-state index is 12.2. The van der Waals surface area contributed by atoms with Crippen molar-refractivity contribution in [3.8, 4) is 12.3 Å². The van der Waals surface area contributed by atoms with Gasteiger partial charge in [-0.05, 0) is 20.8 Å². The van der Waals surface area contributed by atoms with Gasteiger partial charge >= 0.3 is 5.69 Å². The summed E-state index contributed by atoms with van der Waals surface area (Å²) in [5.74, 6) is 2.41. The van der Waals surface area contributed by atoms with Gasteiger partial charge in [0.05, 0.1) is 12.7 Å². The van der Waals surface area contributed by atoms with E-state index in [4.69, 9.17) is 25.4 Å². The van der Waals surface area contributed by atoms with Crippen LogP contribution < -0.4 is 11.2 Å². The molecule has 1 aliphatic rings. The van der Waals surface area contributed by atoms with Crippen molar-refractivity contribution in [1.82, 2.24) is 9.55 Å². The molecule has 0 aromatic carbocycles. The van der Waals surface area contributed by atoms with Gasteiger partial charge < -0.3 is 18.9 Å². The summed E-state index contributed by atoms with van der Waals surface area (Å²) in [6.45, 7) is 6.53. The van der Waals surface area contributed by atoms with Gasteiger partial charge in [-0.25, -0.2) is 4.79 Å². The lowest BCUT2D eigenvalue weighted by Gasteiger charge is -2.26. The van der Waals surface area contributed by atoms with E-state index >= 15 is 0 Å². The third-order valence-corrected chi connectivity index (χ3v) is 3.69. The van der Waals surface area contributed by atoms with Gasteiger partial charge in [0.1, 0.15) is 24.9 Å². The molecule has 1 aromatic rings. The van der Waals surface area contributed by atoms with Crippen LogP contribution in [0.15, 0.2) is 21.9 Å². The molecule has 2 rings (SSSR count). The van der Waals surface area contributed by atoms with Crippen molar-refractivity contribution >= 4 is 0 Å². The first-order valence-corrected chi connectivity index (χ1v) is 8.23. The number of rotatable bonds is 8. The molecule has 0 aliphatic carbocycles. The molecule has 0 saturated carbocycles. The SMILES string of the molecule is C#CCOC1C(OC(C)C)C(COCC)OC1n1ccc(=O)[nH]c1=O. The number of aromatic amines is 1. The molecule has 0 radical (unpaired) electrons. The zero-order chi connectivity index (χ0) is 18.4. The summed E-state index contributed by atoms with van der Waals surface area (Å²) in [6, 6.07) is 1.25. The van der Waals surface area contributed by atoms with Crippen LogP contribution in [0.2, 0.25) is 0 Å². The average Bonchev–Trinajstić information content (AvgIpc) is 2.87. The van der Waals surface area contributed by atoms with Crippen LogP contribution in [0.25, 0.3) is 0 Å². The molecule has 2 heterocycles. The first kappa shape index (κ1) is 19.4. The fourth-order valence-corrected chi connectivity index (χ4v) is 2.73. The van der Waals surface area contributed by atoms with Crippen molar-refractivity contribution in [1.29, 1.82) is 0 Å². The Kier molecular flexibility index (Phi) is 6.96. The molecule has 4 atom stereocenters. The molecule has 25 heavy (non-hydrogen) atoms. The Morgan fingerprint density at radius 2 is 2.16 bits per heavy atom. The van der Waals surface area contributed by atoms with Crippen LogP contribution in [-0.2, 0) is 18.9 Å². The Morgan fingerprint density at radius 1 is 1.40 bits per heavy atom. The van der Waals surface area contributed by atoms with Gasteiger partial charge in [0.2, 0.25) is 0 Å². The predicted octanol–water partition coefficient (Wildman–Crippen LogP) is 0.283. The van der Waals surface area contributed by atoms with E-state index in [1.165, 1.54) is 16.8 Å². The minimum atomic E-state index is -0.785. The summed E-state index contributed by atoms with van der Waals surface area (Å²) in [6.07, 6.45) is 4.28. The molecule has 0 bridgehead atoms. The highest BCUT2D eigenvalue weighted by atomic mass is 16.6. The van der Waals surface area contributed by atoms with E-state index in [2.05, 4.69) is 10.9 Å². The maximum absolute atomic E-state index is 12.2. The third-order valence-electron chi connectivity index (χ3n) is 3.69. The molecular weight excluding hydrogens is 328 g/mol. The first-order valence-electron chi connectivity index (χ1n) is 8.23. The fourth-order valence-electron chi connectivity index (χ4n) is 2.73. The van der Waals surface area contributed by atoms with Crippen LogP contribution >= 0.6 is 0 Å². The zero-order valence-corrected chi connectivity index (χ0v) is 14.6. The molecule has 1 fully saturated rings. The van der Waals surface area contributed by atoms with Crippen molar-refractivity contribution in [3.63, 3.8) is 0 Å². The summed E-state index contributed by atoms with van der Waals surface area (Å²) in [5, 5.41) is 0. The molecule has 8 heteroatoms. The van der Waals surface area contributed by atoms with E-state index in [9.17, 15) is 9.59 Å². The minimum Gasteiger partial charge on any atom is -0.379 e. The van der Waals surface area contributed by atoms with E-state index in [1.807, 2.05) is 20.8 Å². The lowest BCUT2D eigenvalue weighted by atomic mass is 10.1. The Morgan fingerprint density at radius 3 is 2.76 bits per heavy atom. The third kappa shape index (κ3) is 4.80. The lowest BCUT2D eigenvalue weighted by molar-refractivity contribution is -0.0944. The first-order chi connectivity index (χ1) is 12.0. The quantitative estimate of drug-likeness (QED) is 0.676. The number of aromatic nitrogens is 2. The van der Waals surface area contributed by atoms with Crippen LogP contribution in [0.1, 0.15) is 27.0 Å². The van der Waals surface area contributed by atoms with Gasteiger partial charge in [-0.2, -0.15) is 0 Å². The van der Waals surface area contributed by atoms with E-state index < -0.39 is 35.8 Å². The van der Waals surface area contributed by atoms with Crippen molar-refractivity contribution < 1.29 is 18.9 Å². The summed E-state index contributed by atoms with van der Waals surface area (Å²) in [4.78, 5) is 25.7. The topological polar surface area (TPSA) is 91.8 Å². The second-order valence-corrected chi connectivity index (χ2v) is 5.87. The van der Waals surface area contributed by atoms with Gasteiger partial charge in [-0.3, -0.25) is 14.3 Å². The lowest BCUT2D eigenvalue weighted by Crippen LogP contribution is -2.42. The van der Waals surface area contributed by atoms with Crippen molar-refractivity contribution in [3.05, 3.63) is 33.1 Å². The Balaban J connectivity index is 2.36. The standard InChI is InChI=1S/C17H24N2O6/c1-5-9-23-15-14(24-11(3)4)12(10-22-6-2)25-16(15)19-8-7-13(20)18-17(19)21/h1,7-8,11-12,14-16H,6,9-10H2,2-4H3,(H,18,20,21). The van der Waals surface area contributed by atoms with E-state index in [0.717, 1.165) is 0 Å². The van der Waals surface area contributed by atoms with Gasteiger partial charge in [0, 0.05) is 18.9 Å². The smallest absolute Gasteiger partial charge is 0.330 e. The average molecular weight is 352 g/mol. The van der Waals surface area contributed by atoms with E-state index in [-0.39, 0.29) is 12.7 Å². The summed E-state index contributed by atoms with van der Waals surface area (Å²) in [5.41, 5.74) is -1.08. The Bertz CT molecular complexity index is 704. The Labute approximate surface area is 146 Å². The minimum absolute atomic E-state index is 0.0436. The maximum Gasteiger partial charge on any atom is 0.330 e. The largest absolute Gasteiger partial charge is 0.379 e. The normalized spacial score (nSPS) is 26.0. The van der Waals surface area contributed by atoms with Crippen LogP contribution in [0.5, 0.6) is 0 Å². The highest BCUT2D eigenvalue weighted by Gasteiger charge is 2.48. The molecular formula is C17H24N2O6. The summed E-state index contributed by atoms with van der Waals surface area (Å²) >= 11 is 0. The van der Waals surface area contributed by atoms with Crippen LogP contribution in [0, 0.1) is 12.3 Å². The molecule has 1 saturated heterocycles. The molecule has 138 valence electrons. The van der Waals surface area contributed by atoms with Crippen molar-refractivity contribution in [2.45, 2.75) is 51.4 Å². The molecule has 1 aromatic heterocycles. The number of hydrogen-bond acceptors (Lipinski definition) is 6. The second kappa shape index (κ2) is 8.97. The molecule has 8 nitrogen and oxygen atoms in total. The van der Waals surface area contributed by atoms with Crippen molar-refractivity contribution in [2.75, 3.05) is 19.8 Å². The van der Waals surface area contributed by atoms with Crippen LogP contribution in [0.3, 0.4) is 0 Å². The monoisotopic (exact) mass is 352 g/mol. The van der Waals surface area contributed by atoms with Gasteiger partial charge in [0.15, 0.2) is 6.23 Å². The van der Waals surface area contributed by atoms with Crippen molar-refractivity contribution in [2.24, 2.45) is 0 Å². The van der Waals surface area contributed by atoms with Crippen LogP contribution in [-0.4, -0.2) is 53.8 Å². The number of nitrogens with one attached hydrogen (secondary N) is 1. The number of terminal acetylenes is 1. The molecule has 4 unspecified atom stereocenters. The summed E-state index contributed by atoms with van der Waals surface area (Å²) in [7, 11) is 0.